The SMILES string of the molecule is COc1ccc(NC(=S)N[C@@H]2CC(C)(C)Oc3ccc(C)cc32)c(OC)c1. The normalized spacial score (nSPS) is 17.3. The molecule has 27 heavy (non-hydrogen) atoms. The summed E-state index contributed by atoms with van der Waals surface area (Å²) in [5, 5.41) is 7.21. The molecule has 144 valence electrons. The van der Waals surface area contributed by atoms with Crippen LogP contribution in [0.5, 0.6) is 17.2 Å². The van der Waals surface area contributed by atoms with Gasteiger partial charge in [0.05, 0.1) is 25.9 Å². The Kier molecular flexibility index (Phi) is 5.46. The minimum absolute atomic E-state index is 0.0629. The molecule has 1 atom stereocenters. The topological polar surface area (TPSA) is 51.8 Å². The fourth-order valence-corrected chi connectivity index (χ4v) is 3.57. The molecule has 0 radical (unpaired) electrons. The molecule has 5 nitrogen and oxygen atoms in total. The standard InChI is InChI=1S/C21H26N2O3S/c1-13-6-9-18-15(10-13)17(12-21(2,3)26-18)23-20(27)22-16-8-7-14(24-4)11-19(16)25-5/h6-11,17H,12H2,1-5H3,(H2,22,23,27)/t17-/m1/s1. The van der Waals surface area contributed by atoms with E-state index in [2.05, 4.69) is 43.5 Å². The maximum absolute atomic E-state index is 6.13. The number of ether oxygens (including phenoxy) is 3. The Morgan fingerprint density at radius 3 is 2.63 bits per heavy atom. The Morgan fingerprint density at radius 2 is 1.93 bits per heavy atom. The van der Waals surface area contributed by atoms with Gasteiger partial charge in [-0.3, -0.25) is 0 Å². The zero-order valence-electron chi connectivity index (χ0n) is 16.4. The zero-order chi connectivity index (χ0) is 19.6. The number of hydrogen-bond acceptors (Lipinski definition) is 4. The Morgan fingerprint density at radius 1 is 1.15 bits per heavy atom. The van der Waals surface area contributed by atoms with Gasteiger partial charge in [0.1, 0.15) is 22.8 Å². The lowest BCUT2D eigenvalue weighted by Crippen LogP contribution is -2.42. The van der Waals surface area contributed by atoms with Gasteiger partial charge in [0.25, 0.3) is 0 Å². The average molecular weight is 387 g/mol. The molecule has 1 aliphatic heterocycles. The van der Waals surface area contributed by atoms with Crippen molar-refractivity contribution in [2.45, 2.75) is 38.8 Å². The van der Waals surface area contributed by atoms with Crippen LogP contribution in [0.3, 0.4) is 0 Å². The summed E-state index contributed by atoms with van der Waals surface area (Å²) in [6.07, 6.45) is 0.811. The maximum Gasteiger partial charge on any atom is 0.171 e. The lowest BCUT2D eigenvalue weighted by molar-refractivity contribution is 0.0696. The van der Waals surface area contributed by atoms with Crippen molar-refractivity contribution in [1.82, 2.24) is 5.32 Å². The summed E-state index contributed by atoms with van der Waals surface area (Å²) in [4.78, 5) is 0. The fourth-order valence-electron chi connectivity index (χ4n) is 3.32. The molecule has 0 bridgehead atoms. The van der Waals surface area contributed by atoms with Gasteiger partial charge >= 0.3 is 0 Å². The van der Waals surface area contributed by atoms with Gasteiger partial charge in [-0.2, -0.15) is 0 Å². The third kappa shape index (κ3) is 4.45. The van der Waals surface area contributed by atoms with Gasteiger partial charge in [0.2, 0.25) is 0 Å². The number of methoxy groups -OCH3 is 2. The van der Waals surface area contributed by atoms with E-state index in [-0.39, 0.29) is 11.6 Å². The molecule has 3 rings (SSSR count). The van der Waals surface area contributed by atoms with E-state index in [0.717, 1.165) is 29.2 Å². The third-order valence-corrected chi connectivity index (χ3v) is 4.80. The summed E-state index contributed by atoms with van der Waals surface area (Å²) in [6, 6.07) is 11.9. The molecule has 0 saturated heterocycles. The first-order valence-electron chi connectivity index (χ1n) is 8.90. The number of aryl methyl sites for hydroxylation is 1. The van der Waals surface area contributed by atoms with Crippen molar-refractivity contribution in [2.24, 2.45) is 0 Å². The Bertz CT molecular complexity index is 851. The minimum atomic E-state index is -0.270. The van der Waals surface area contributed by atoms with Crippen molar-refractivity contribution in [3.63, 3.8) is 0 Å². The van der Waals surface area contributed by atoms with Crippen molar-refractivity contribution in [3.8, 4) is 17.2 Å². The van der Waals surface area contributed by atoms with E-state index in [1.165, 1.54) is 5.56 Å². The van der Waals surface area contributed by atoms with E-state index in [1.54, 1.807) is 14.2 Å². The van der Waals surface area contributed by atoms with Crippen LogP contribution < -0.4 is 24.8 Å². The molecule has 0 aromatic heterocycles. The number of benzene rings is 2. The Labute approximate surface area is 166 Å². The van der Waals surface area contributed by atoms with E-state index in [1.807, 2.05) is 24.3 Å². The predicted molar refractivity (Wildman–Crippen MR) is 112 cm³/mol. The van der Waals surface area contributed by atoms with Gasteiger partial charge in [-0.25, -0.2) is 0 Å². The quantitative estimate of drug-likeness (QED) is 0.749. The number of thiocarbonyl (C=S) groups is 1. The number of hydrogen-bond donors (Lipinski definition) is 2. The molecule has 0 aliphatic carbocycles. The molecule has 2 aromatic carbocycles. The van der Waals surface area contributed by atoms with Gasteiger partial charge in [0.15, 0.2) is 5.11 Å². The van der Waals surface area contributed by atoms with Crippen LogP contribution in [-0.2, 0) is 0 Å². The van der Waals surface area contributed by atoms with Crippen LogP contribution in [0, 0.1) is 6.92 Å². The van der Waals surface area contributed by atoms with E-state index in [0.29, 0.717) is 10.9 Å². The van der Waals surface area contributed by atoms with Gasteiger partial charge < -0.3 is 24.8 Å². The van der Waals surface area contributed by atoms with Crippen molar-refractivity contribution in [2.75, 3.05) is 19.5 Å². The van der Waals surface area contributed by atoms with Crippen LogP contribution >= 0.6 is 12.2 Å². The van der Waals surface area contributed by atoms with Gasteiger partial charge in [-0.15, -0.1) is 0 Å². The van der Waals surface area contributed by atoms with Crippen molar-refractivity contribution in [3.05, 3.63) is 47.5 Å². The van der Waals surface area contributed by atoms with Gasteiger partial charge in [-0.05, 0) is 51.2 Å². The fraction of sp³-hybridized carbons (Fsp3) is 0.381. The monoisotopic (exact) mass is 386 g/mol. The molecule has 2 N–H and O–H groups in total. The Hall–Kier alpha value is -2.47. The first-order valence-corrected chi connectivity index (χ1v) is 9.31. The summed E-state index contributed by atoms with van der Waals surface area (Å²) in [7, 11) is 3.25. The molecule has 0 unspecified atom stereocenters. The highest BCUT2D eigenvalue weighted by atomic mass is 32.1. The second-order valence-corrected chi connectivity index (χ2v) is 7.73. The summed E-state index contributed by atoms with van der Waals surface area (Å²) in [5.41, 5.74) is 2.83. The first-order chi connectivity index (χ1) is 12.8. The van der Waals surface area contributed by atoms with Crippen LogP contribution in [0.15, 0.2) is 36.4 Å². The van der Waals surface area contributed by atoms with E-state index >= 15 is 0 Å². The minimum Gasteiger partial charge on any atom is -0.497 e. The third-order valence-electron chi connectivity index (χ3n) is 4.58. The summed E-state index contributed by atoms with van der Waals surface area (Å²) < 4.78 is 16.8. The summed E-state index contributed by atoms with van der Waals surface area (Å²) >= 11 is 5.57. The molecular weight excluding hydrogens is 360 g/mol. The van der Waals surface area contributed by atoms with E-state index in [4.69, 9.17) is 26.4 Å². The maximum atomic E-state index is 6.13. The first kappa shape index (κ1) is 19.3. The highest BCUT2D eigenvalue weighted by Gasteiger charge is 2.34. The molecule has 0 fully saturated rings. The van der Waals surface area contributed by atoms with Gasteiger partial charge in [-0.1, -0.05) is 17.7 Å². The highest BCUT2D eigenvalue weighted by Crippen LogP contribution is 2.40. The van der Waals surface area contributed by atoms with Crippen LogP contribution in [0.1, 0.15) is 37.4 Å². The Balaban J connectivity index is 1.79. The molecule has 0 saturated carbocycles. The summed E-state index contributed by atoms with van der Waals surface area (Å²) in [6.45, 7) is 6.26. The second kappa shape index (κ2) is 7.64. The van der Waals surface area contributed by atoms with Crippen LogP contribution in [-0.4, -0.2) is 24.9 Å². The lowest BCUT2D eigenvalue weighted by Gasteiger charge is -2.38. The summed E-state index contributed by atoms with van der Waals surface area (Å²) in [5.74, 6) is 2.30. The second-order valence-electron chi connectivity index (χ2n) is 7.32. The molecule has 2 aromatic rings. The number of nitrogens with one attached hydrogen (secondary N) is 2. The molecular formula is C21H26N2O3S. The lowest BCUT2D eigenvalue weighted by atomic mass is 9.89. The van der Waals surface area contributed by atoms with Crippen molar-refractivity contribution in [1.29, 1.82) is 0 Å². The average Bonchev–Trinajstić information content (AvgIpc) is 2.62. The molecule has 1 heterocycles. The van der Waals surface area contributed by atoms with E-state index < -0.39 is 0 Å². The molecule has 1 aliphatic rings. The predicted octanol–water partition coefficient (Wildman–Crippen LogP) is 4.60. The van der Waals surface area contributed by atoms with Gasteiger partial charge in [0, 0.05) is 18.1 Å². The van der Waals surface area contributed by atoms with Crippen LogP contribution in [0.25, 0.3) is 0 Å². The molecule has 0 amide bonds. The zero-order valence-corrected chi connectivity index (χ0v) is 17.2. The van der Waals surface area contributed by atoms with Crippen LogP contribution in [0.2, 0.25) is 0 Å². The number of anilines is 1. The highest BCUT2D eigenvalue weighted by molar-refractivity contribution is 7.80. The largest absolute Gasteiger partial charge is 0.497 e. The van der Waals surface area contributed by atoms with E-state index in [9.17, 15) is 0 Å². The number of rotatable bonds is 4. The molecule has 6 heteroatoms. The number of fused-ring (bicyclic) bond motifs is 1. The smallest absolute Gasteiger partial charge is 0.171 e. The van der Waals surface area contributed by atoms with Crippen molar-refractivity contribution >= 4 is 23.0 Å². The van der Waals surface area contributed by atoms with Crippen molar-refractivity contribution < 1.29 is 14.2 Å². The van der Waals surface area contributed by atoms with Crippen LogP contribution in [0.4, 0.5) is 5.69 Å². The molecule has 0 spiro atoms.